The number of hydrogen-bond donors (Lipinski definition) is 2. The first-order valence-corrected chi connectivity index (χ1v) is 6.68. The van der Waals surface area contributed by atoms with Crippen LogP contribution < -0.4 is 15.8 Å². The fraction of sp³-hybridized carbons (Fsp3) is 0.538. The Labute approximate surface area is 112 Å². The highest BCUT2D eigenvalue weighted by Gasteiger charge is 2.21. The third kappa shape index (κ3) is 3.49. The molecule has 0 unspecified atom stereocenters. The molecular weight excluding hydrogens is 244 g/mol. The van der Waals surface area contributed by atoms with E-state index in [9.17, 15) is 9.59 Å². The molecule has 0 spiro atoms. The van der Waals surface area contributed by atoms with Crippen LogP contribution in [0.1, 0.15) is 13.3 Å². The van der Waals surface area contributed by atoms with Crippen molar-refractivity contribution in [3.63, 3.8) is 0 Å². The first-order chi connectivity index (χ1) is 9.20. The smallest absolute Gasteiger partial charge is 0.317 e. The molecule has 2 amide bonds. The van der Waals surface area contributed by atoms with E-state index in [0.717, 1.165) is 25.3 Å². The molecule has 2 rings (SSSR count). The quantitative estimate of drug-likeness (QED) is 0.841. The lowest BCUT2D eigenvalue weighted by molar-refractivity contribution is 0.194. The van der Waals surface area contributed by atoms with Gasteiger partial charge in [0.05, 0.1) is 0 Å². The number of carbonyl (C=O) groups is 1. The minimum Gasteiger partial charge on any atom is -0.355 e. The summed E-state index contributed by atoms with van der Waals surface area (Å²) in [6.07, 6.45) is 0.941. The molecule has 6 heteroatoms. The molecule has 104 valence electrons. The van der Waals surface area contributed by atoms with Crippen LogP contribution in [0.25, 0.3) is 0 Å². The van der Waals surface area contributed by atoms with Crippen molar-refractivity contribution in [2.75, 3.05) is 37.6 Å². The van der Waals surface area contributed by atoms with Gasteiger partial charge in [0.15, 0.2) is 0 Å². The number of rotatable bonds is 3. The van der Waals surface area contributed by atoms with E-state index in [1.54, 1.807) is 6.07 Å². The fourth-order valence-electron chi connectivity index (χ4n) is 2.11. The molecule has 1 aliphatic heterocycles. The minimum atomic E-state index is -0.0966. The number of piperazine rings is 1. The van der Waals surface area contributed by atoms with Crippen molar-refractivity contribution in [2.24, 2.45) is 0 Å². The number of H-pyrrole nitrogens is 1. The maximum atomic E-state index is 11.8. The predicted octanol–water partition coefficient (Wildman–Crippen LogP) is 0.617. The molecule has 1 aliphatic rings. The molecule has 0 aromatic carbocycles. The number of nitrogens with one attached hydrogen (secondary N) is 2. The van der Waals surface area contributed by atoms with E-state index >= 15 is 0 Å². The fourth-order valence-corrected chi connectivity index (χ4v) is 2.11. The SMILES string of the molecule is CCCNC(=O)N1CCN(c2cccc(=O)[nH]2)CC1. The molecule has 1 aromatic heterocycles. The van der Waals surface area contributed by atoms with Crippen LogP contribution in [0.2, 0.25) is 0 Å². The van der Waals surface area contributed by atoms with Crippen molar-refractivity contribution in [1.82, 2.24) is 15.2 Å². The Balaban J connectivity index is 1.89. The van der Waals surface area contributed by atoms with E-state index < -0.39 is 0 Å². The zero-order valence-corrected chi connectivity index (χ0v) is 11.2. The van der Waals surface area contributed by atoms with Gasteiger partial charge in [0.25, 0.3) is 0 Å². The van der Waals surface area contributed by atoms with E-state index in [1.807, 2.05) is 17.9 Å². The summed E-state index contributed by atoms with van der Waals surface area (Å²) < 4.78 is 0. The Kier molecular flexibility index (Phi) is 4.43. The number of hydrogen-bond acceptors (Lipinski definition) is 3. The molecule has 2 heterocycles. The van der Waals surface area contributed by atoms with Gasteiger partial charge in [0.2, 0.25) is 5.56 Å². The number of amides is 2. The highest BCUT2D eigenvalue weighted by molar-refractivity contribution is 5.74. The summed E-state index contributed by atoms with van der Waals surface area (Å²) in [4.78, 5) is 29.8. The predicted molar refractivity (Wildman–Crippen MR) is 74.5 cm³/mol. The van der Waals surface area contributed by atoms with Crippen molar-refractivity contribution in [3.05, 3.63) is 28.6 Å². The Morgan fingerprint density at radius 2 is 2.05 bits per heavy atom. The summed E-state index contributed by atoms with van der Waals surface area (Å²) in [7, 11) is 0. The zero-order chi connectivity index (χ0) is 13.7. The van der Waals surface area contributed by atoms with E-state index in [1.165, 1.54) is 6.07 Å². The van der Waals surface area contributed by atoms with Gasteiger partial charge >= 0.3 is 6.03 Å². The summed E-state index contributed by atoms with van der Waals surface area (Å²) in [6.45, 7) is 5.56. The van der Waals surface area contributed by atoms with Gasteiger partial charge in [0, 0.05) is 38.8 Å². The highest BCUT2D eigenvalue weighted by atomic mass is 16.2. The Morgan fingerprint density at radius 3 is 2.68 bits per heavy atom. The van der Waals surface area contributed by atoms with Crippen LogP contribution >= 0.6 is 0 Å². The van der Waals surface area contributed by atoms with Gasteiger partial charge in [-0.05, 0) is 12.5 Å². The van der Waals surface area contributed by atoms with E-state index in [2.05, 4.69) is 15.2 Å². The topological polar surface area (TPSA) is 68.4 Å². The highest BCUT2D eigenvalue weighted by Crippen LogP contribution is 2.11. The number of carbonyl (C=O) groups excluding carboxylic acids is 1. The second-order valence-corrected chi connectivity index (χ2v) is 4.61. The summed E-state index contributed by atoms with van der Waals surface area (Å²) in [6, 6.07) is 5.13. The molecule has 1 aromatic rings. The average molecular weight is 264 g/mol. The van der Waals surface area contributed by atoms with E-state index in [-0.39, 0.29) is 11.6 Å². The molecule has 0 radical (unpaired) electrons. The molecule has 1 saturated heterocycles. The van der Waals surface area contributed by atoms with Crippen LogP contribution in [-0.4, -0.2) is 48.6 Å². The lowest BCUT2D eigenvalue weighted by Gasteiger charge is -2.35. The summed E-state index contributed by atoms with van der Waals surface area (Å²) in [5.74, 6) is 0.820. The molecule has 0 saturated carbocycles. The molecule has 0 bridgehead atoms. The van der Waals surface area contributed by atoms with Crippen LogP contribution in [0.15, 0.2) is 23.0 Å². The van der Waals surface area contributed by atoms with Crippen molar-refractivity contribution in [1.29, 1.82) is 0 Å². The van der Waals surface area contributed by atoms with Crippen LogP contribution in [0, 0.1) is 0 Å². The number of pyridine rings is 1. The van der Waals surface area contributed by atoms with Gasteiger partial charge in [-0.3, -0.25) is 4.79 Å². The number of anilines is 1. The van der Waals surface area contributed by atoms with Gasteiger partial charge in [0.1, 0.15) is 5.82 Å². The van der Waals surface area contributed by atoms with Crippen LogP contribution in [-0.2, 0) is 0 Å². The molecule has 0 aliphatic carbocycles. The molecule has 6 nitrogen and oxygen atoms in total. The number of aromatic amines is 1. The number of nitrogens with zero attached hydrogens (tertiary/aromatic N) is 2. The van der Waals surface area contributed by atoms with Gasteiger partial charge in [-0.15, -0.1) is 0 Å². The molecular formula is C13H20N4O2. The van der Waals surface area contributed by atoms with Crippen LogP contribution in [0.4, 0.5) is 10.6 Å². The maximum absolute atomic E-state index is 11.8. The summed E-state index contributed by atoms with van der Waals surface area (Å²) in [5, 5.41) is 2.88. The molecule has 2 N–H and O–H groups in total. The third-order valence-electron chi connectivity index (χ3n) is 3.19. The summed E-state index contributed by atoms with van der Waals surface area (Å²) >= 11 is 0. The second kappa shape index (κ2) is 6.26. The van der Waals surface area contributed by atoms with Crippen molar-refractivity contribution < 1.29 is 4.79 Å². The average Bonchev–Trinajstić information content (AvgIpc) is 2.45. The van der Waals surface area contributed by atoms with Gasteiger partial charge in [-0.25, -0.2) is 4.79 Å². The lowest BCUT2D eigenvalue weighted by atomic mass is 10.3. The van der Waals surface area contributed by atoms with Gasteiger partial charge in [-0.1, -0.05) is 13.0 Å². The van der Waals surface area contributed by atoms with Crippen molar-refractivity contribution in [3.8, 4) is 0 Å². The van der Waals surface area contributed by atoms with Crippen molar-refractivity contribution in [2.45, 2.75) is 13.3 Å². The van der Waals surface area contributed by atoms with E-state index in [0.29, 0.717) is 19.6 Å². The monoisotopic (exact) mass is 264 g/mol. The standard InChI is InChI=1S/C13H20N4O2/c1-2-6-14-13(19)17-9-7-16(8-10-17)11-4-3-5-12(18)15-11/h3-5H,2,6-10H2,1H3,(H,14,19)(H,15,18). The normalized spacial score (nSPS) is 15.4. The number of aromatic nitrogens is 1. The Hall–Kier alpha value is -1.98. The Morgan fingerprint density at radius 1 is 1.32 bits per heavy atom. The van der Waals surface area contributed by atoms with Crippen LogP contribution in [0.5, 0.6) is 0 Å². The summed E-state index contributed by atoms with van der Waals surface area (Å²) in [5.41, 5.74) is -0.0966. The minimum absolute atomic E-state index is 0.00283. The molecule has 1 fully saturated rings. The van der Waals surface area contributed by atoms with Crippen molar-refractivity contribution >= 4 is 11.8 Å². The van der Waals surface area contributed by atoms with Gasteiger partial charge in [-0.2, -0.15) is 0 Å². The molecule has 0 atom stereocenters. The number of urea groups is 1. The van der Waals surface area contributed by atoms with Crippen LogP contribution in [0.3, 0.4) is 0 Å². The lowest BCUT2D eigenvalue weighted by Crippen LogP contribution is -2.52. The molecule has 19 heavy (non-hydrogen) atoms. The first-order valence-electron chi connectivity index (χ1n) is 6.68. The first kappa shape index (κ1) is 13.5. The van der Waals surface area contributed by atoms with E-state index in [4.69, 9.17) is 0 Å². The third-order valence-corrected chi connectivity index (χ3v) is 3.19. The maximum Gasteiger partial charge on any atom is 0.317 e. The Bertz CT molecular complexity index is 478. The zero-order valence-electron chi connectivity index (χ0n) is 11.2. The largest absolute Gasteiger partial charge is 0.355 e. The second-order valence-electron chi connectivity index (χ2n) is 4.61. The van der Waals surface area contributed by atoms with Gasteiger partial charge < -0.3 is 20.1 Å².